The Morgan fingerprint density at radius 2 is 1.72 bits per heavy atom. The van der Waals surface area contributed by atoms with Gasteiger partial charge in [-0.25, -0.2) is 9.82 Å². The number of carbonyl (C=O) groups excluding carboxylic acids is 1. The van der Waals surface area contributed by atoms with Crippen LogP contribution in [-0.4, -0.2) is 21.9 Å². The zero-order chi connectivity index (χ0) is 22.5. The molecule has 8 heteroatoms. The number of halogens is 3. The predicted molar refractivity (Wildman–Crippen MR) is 125 cm³/mol. The van der Waals surface area contributed by atoms with Gasteiger partial charge in [-0.1, -0.05) is 71.7 Å². The van der Waals surface area contributed by atoms with Crippen molar-refractivity contribution in [2.45, 2.75) is 6.54 Å². The molecule has 4 rings (SSSR count). The molecule has 0 atom stereocenters. The van der Waals surface area contributed by atoms with Crippen LogP contribution in [0, 0.1) is 5.82 Å². The van der Waals surface area contributed by atoms with Gasteiger partial charge in [0.15, 0.2) is 0 Å². The zero-order valence-electron chi connectivity index (χ0n) is 16.7. The van der Waals surface area contributed by atoms with Crippen molar-refractivity contribution >= 4 is 35.3 Å². The minimum atomic E-state index is -0.432. The van der Waals surface area contributed by atoms with Crippen LogP contribution in [-0.2, 0) is 6.54 Å². The second-order valence-corrected chi connectivity index (χ2v) is 7.69. The third-order valence-electron chi connectivity index (χ3n) is 4.71. The van der Waals surface area contributed by atoms with Gasteiger partial charge >= 0.3 is 0 Å². The average molecular weight is 467 g/mol. The molecule has 32 heavy (non-hydrogen) atoms. The Balaban J connectivity index is 1.62. The van der Waals surface area contributed by atoms with Gasteiger partial charge in [-0.15, -0.1) is 0 Å². The summed E-state index contributed by atoms with van der Waals surface area (Å²) in [5.41, 5.74) is 5.26. The summed E-state index contributed by atoms with van der Waals surface area (Å²) in [5, 5.41) is 9.31. The SMILES string of the molecule is O=C(N/N=C\c1cn(Cc2c(F)cccc2Cl)nc1-c1ccccc1)c1ccccc1Cl. The van der Waals surface area contributed by atoms with Gasteiger partial charge in [0.1, 0.15) is 11.5 Å². The molecule has 0 unspecified atom stereocenters. The number of benzene rings is 3. The first kappa shape index (κ1) is 21.7. The second-order valence-electron chi connectivity index (χ2n) is 6.88. The van der Waals surface area contributed by atoms with Crippen molar-refractivity contribution in [3.8, 4) is 11.3 Å². The summed E-state index contributed by atoms with van der Waals surface area (Å²) < 4.78 is 15.8. The van der Waals surface area contributed by atoms with E-state index in [2.05, 4.69) is 15.6 Å². The van der Waals surface area contributed by atoms with Crippen LogP contribution in [0.4, 0.5) is 4.39 Å². The van der Waals surface area contributed by atoms with Crippen molar-refractivity contribution in [1.82, 2.24) is 15.2 Å². The van der Waals surface area contributed by atoms with Gasteiger partial charge in [-0.2, -0.15) is 10.2 Å². The minimum Gasteiger partial charge on any atom is -0.267 e. The maximum Gasteiger partial charge on any atom is 0.272 e. The van der Waals surface area contributed by atoms with Crippen LogP contribution in [0.1, 0.15) is 21.5 Å². The van der Waals surface area contributed by atoms with Crippen molar-refractivity contribution in [1.29, 1.82) is 0 Å². The molecular formula is C24H17Cl2FN4O. The molecule has 5 nitrogen and oxygen atoms in total. The number of amides is 1. The molecule has 0 bridgehead atoms. The molecule has 0 aliphatic carbocycles. The number of hydrogen-bond acceptors (Lipinski definition) is 3. The Morgan fingerprint density at radius 3 is 2.47 bits per heavy atom. The van der Waals surface area contributed by atoms with Gasteiger partial charge in [-0.05, 0) is 24.3 Å². The summed E-state index contributed by atoms with van der Waals surface area (Å²) in [6, 6.07) is 20.7. The molecule has 0 saturated heterocycles. The van der Waals surface area contributed by atoms with E-state index in [4.69, 9.17) is 23.2 Å². The van der Waals surface area contributed by atoms with Crippen LogP contribution in [0.2, 0.25) is 10.0 Å². The molecule has 0 aliphatic rings. The summed E-state index contributed by atoms with van der Waals surface area (Å²) in [6.45, 7) is 0.144. The van der Waals surface area contributed by atoms with E-state index in [1.54, 1.807) is 47.3 Å². The number of hydrazone groups is 1. The predicted octanol–water partition coefficient (Wildman–Crippen LogP) is 5.81. The molecule has 0 aliphatic heterocycles. The van der Waals surface area contributed by atoms with Crippen molar-refractivity contribution < 1.29 is 9.18 Å². The van der Waals surface area contributed by atoms with Crippen LogP contribution in [0.3, 0.4) is 0 Å². The van der Waals surface area contributed by atoms with Crippen molar-refractivity contribution in [2.24, 2.45) is 5.10 Å². The highest BCUT2D eigenvalue weighted by molar-refractivity contribution is 6.33. The number of rotatable bonds is 6. The number of carbonyl (C=O) groups is 1. The van der Waals surface area contributed by atoms with E-state index in [1.807, 2.05) is 30.3 Å². The van der Waals surface area contributed by atoms with E-state index in [9.17, 15) is 9.18 Å². The monoisotopic (exact) mass is 466 g/mol. The fourth-order valence-corrected chi connectivity index (χ4v) is 3.59. The molecule has 3 aromatic carbocycles. The lowest BCUT2D eigenvalue weighted by Crippen LogP contribution is -2.17. The standard InChI is InChI=1S/C24H17Cl2FN4O/c25-20-10-5-4-9-18(20)24(32)29-28-13-17-14-31(15-19-21(26)11-6-12-22(19)27)30-23(17)16-7-2-1-3-8-16/h1-14H,15H2,(H,29,32)/b28-13-. The van der Waals surface area contributed by atoms with E-state index < -0.39 is 11.7 Å². The Hall–Kier alpha value is -3.48. The largest absolute Gasteiger partial charge is 0.272 e. The third-order valence-corrected chi connectivity index (χ3v) is 5.39. The first-order valence-corrected chi connectivity index (χ1v) is 10.4. The smallest absolute Gasteiger partial charge is 0.267 e. The molecule has 0 spiro atoms. The molecule has 160 valence electrons. The van der Waals surface area contributed by atoms with Crippen molar-refractivity contribution in [3.63, 3.8) is 0 Å². The Morgan fingerprint density at radius 1 is 1.00 bits per heavy atom. The molecule has 1 aromatic heterocycles. The van der Waals surface area contributed by atoms with Crippen LogP contribution < -0.4 is 5.43 Å². The van der Waals surface area contributed by atoms with Gasteiger partial charge in [0.2, 0.25) is 0 Å². The average Bonchev–Trinajstić information content (AvgIpc) is 3.20. The first-order valence-electron chi connectivity index (χ1n) is 9.66. The van der Waals surface area contributed by atoms with Gasteiger partial charge in [-0.3, -0.25) is 9.48 Å². The van der Waals surface area contributed by atoms with Crippen LogP contribution in [0.15, 0.2) is 84.1 Å². The normalized spacial score (nSPS) is 11.1. The molecule has 0 fully saturated rings. The molecule has 1 heterocycles. The summed E-state index contributed by atoms with van der Waals surface area (Å²) in [6.07, 6.45) is 3.21. The van der Waals surface area contributed by atoms with Crippen LogP contribution >= 0.6 is 23.2 Å². The second kappa shape index (κ2) is 9.77. The fourth-order valence-electron chi connectivity index (χ4n) is 3.14. The van der Waals surface area contributed by atoms with E-state index in [0.717, 1.165) is 5.56 Å². The van der Waals surface area contributed by atoms with Gasteiger partial charge in [0.05, 0.1) is 23.3 Å². The Kier molecular flexibility index (Phi) is 6.63. The van der Waals surface area contributed by atoms with Crippen LogP contribution in [0.25, 0.3) is 11.3 Å². The lowest BCUT2D eigenvalue weighted by atomic mass is 10.1. The maximum absolute atomic E-state index is 14.2. The van der Waals surface area contributed by atoms with Crippen molar-refractivity contribution in [2.75, 3.05) is 0 Å². The van der Waals surface area contributed by atoms with E-state index in [-0.39, 0.29) is 6.54 Å². The number of aromatic nitrogens is 2. The van der Waals surface area contributed by atoms with Gasteiger partial charge < -0.3 is 0 Å². The Labute approximate surface area is 194 Å². The number of nitrogens with zero attached hydrogens (tertiary/aromatic N) is 3. The first-order chi connectivity index (χ1) is 15.5. The highest BCUT2D eigenvalue weighted by Crippen LogP contribution is 2.24. The summed E-state index contributed by atoms with van der Waals surface area (Å²) in [4.78, 5) is 12.3. The highest BCUT2D eigenvalue weighted by Gasteiger charge is 2.14. The van der Waals surface area contributed by atoms with Gasteiger partial charge in [0.25, 0.3) is 5.91 Å². The Bertz CT molecular complexity index is 1270. The fraction of sp³-hybridized carbons (Fsp3) is 0.0417. The third kappa shape index (κ3) is 4.88. The molecule has 4 aromatic rings. The summed E-state index contributed by atoms with van der Waals surface area (Å²) in [7, 11) is 0. The maximum atomic E-state index is 14.2. The lowest BCUT2D eigenvalue weighted by molar-refractivity contribution is 0.0955. The van der Waals surface area contributed by atoms with E-state index >= 15 is 0 Å². The highest BCUT2D eigenvalue weighted by atomic mass is 35.5. The van der Waals surface area contributed by atoms with E-state index in [1.165, 1.54) is 12.3 Å². The molecule has 0 radical (unpaired) electrons. The topological polar surface area (TPSA) is 59.3 Å². The number of hydrogen-bond donors (Lipinski definition) is 1. The molecular weight excluding hydrogens is 450 g/mol. The van der Waals surface area contributed by atoms with E-state index in [0.29, 0.717) is 32.4 Å². The molecule has 0 saturated carbocycles. The van der Waals surface area contributed by atoms with Crippen LogP contribution in [0.5, 0.6) is 0 Å². The quantitative estimate of drug-likeness (QED) is 0.288. The summed E-state index contributed by atoms with van der Waals surface area (Å²) in [5.74, 6) is -0.838. The lowest BCUT2D eigenvalue weighted by Gasteiger charge is -2.05. The number of nitrogens with one attached hydrogen (secondary N) is 1. The zero-order valence-corrected chi connectivity index (χ0v) is 18.2. The summed E-state index contributed by atoms with van der Waals surface area (Å²) >= 11 is 12.2. The minimum absolute atomic E-state index is 0.144. The molecule has 1 N–H and O–H groups in total. The molecule has 1 amide bonds. The van der Waals surface area contributed by atoms with Gasteiger partial charge in [0, 0.05) is 27.9 Å². The van der Waals surface area contributed by atoms with Crippen molar-refractivity contribution in [3.05, 3.63) is 112 Å².